The number of rotatable bonds is 6. The maximum absolute atomic E-state index is 12.3. The van der Waals surface area contributed by atoms with E-state index in [9.17, 15) is 4.79 Å². The summed E-state index contributed by atoms with van der Waals surface area (Å²) < 4.78 is 7.43. The second kappa shape index (κ2) is 7.38. The molecular formula is C20H23N3O2. The number of carbonyl (C=O) groups is 1. The average molecular weight is 337 g/mol. The van der Waals surface area contributed by atoms with Crippen molar-refractivity contribution in [3.8, 4) is 5.75 Å². The fraction of sp³-hybridized carbons (Fsp3) is 0.300. The predicted molar refractivity (Wildman–Crippen MR) is 98.7 cm³/mol. The molecule has 0 fully saturated rings. The van der Waals surface area contributed by atoms with Crippen LogP contribution in [0.4, 0.5) is 0 Å². The molecule has 5 heteroatoms. The Balaban J connectivity index is 1.66. The molecule has 0 radical (unpaired) electrons. The van der Waals surface area contributed by atoms with Gasteiger partial charge in [0.05, 0.1) is 30.9 Å². The number of aromatic nitrogens is 2. The Morgan fingerprint density at radius 2 is 2.04 bits per heavy atom. The van der Waals surface area contributed by atoms with Gasteiger partial charge in [0.15, 0.2) is 0 Å². The van der Waals surface area contributed by atoms with Gasteiger partial charge in [-0.25, -0.2) is 4.98 Å². The Hall–Kier alpha value is -2.82. The topological polar surface area (TPSA) is 56.1 Å². The number of amides is 1. The van der Waals surface area contributed by atoms with Gasteiger partial charge < -0.3 is 14.6 Å². The number of nitrogens with one attached hydrogen (secondary N) is 1. The zero-order valence-corrected chi connectivity index (χ0v) is 14.8. The predicted octanol–water partition coefficient (Wildman–Crippen LogP) is 3.48. The van der Waals surface area contributed by atoms with E-state index in [2.05, 4.69) is 28.7 Å². The van der Waals surface area contributed by atoms with Crippen LogP contribution in [0.1, 0.15) is 31.0 Å². The molecule has 2 aromatic carbocycles. The third-order valence-electron chi connectivity index (χ3n) is 4.23. The molecule has 0 atom stereocenters. The first-order chi connectivity index (χ1) is 12.1. The standard InChI is InChI=1S/C20H23N3O2/c1-14(2)23-13-22-17-10-15(8-9-18(17)23)11-20(24)21-12-16-6-4-5-7-19(16)25-3/h4-10,13-14H,11-12H2,1-3H3,(H,21,24). The van der Waals surface area contributed by atoms with E-state index in [-0.39, 0.29) is 5.91 Å². The van der Waals surface area contributed by atoms with Gasteiger partial charge in [-0.2, -0.15) is 0 Å². The molecule has 0 aliphatic rings. The van der Waals surface area contributed by atoms with Crippen molar-refractivity contribution in [3.05, 3.63) is 59.9 Å². The number of ether oxygens (including phenoxy) is 1. The van der Waals surface area contributed by atoms with Gasteiger partial charge in [0, 0.05) is 18.2 Å². The van der Waals surface area contributed by atoms with E-state index in [0.29, 0.717) is 19.0 Å². The Bertz CT molecular complexity index is 884. The molecule has 0 unspecified atom stereocenters. The molecule has 1 N–H and O–H groups in total. The van der Waals surface area contributed by atoms with Gasteiger partial charge in [0.25, 0.3) is 0 Å². The van der Waals surface area contributed by atoms with Crippen LogP contribution in [0.5, 0.6) is 5.75 Å². The average Bonchev–Trinajstić information content (AvgIpc) is 3.03. The van der Waals surface area contributed by atoms with E-state index in [0.717, 1.165) is 27.9 Å². The van der Waals surface area contributed by atoms with Crippen LogP contribution in [-0.2, 0) is 17.8 Å². The molecule has 0 aliphatic heterocycles. The summed E-state index contributed by atoms with van der Waals surface area (Å²) in [5, 5.41) is 2.95. The molecule has 0 aliphatic carbocycles. The lowest BCUT2D eigenvalue weighted by Gasteiger charge is -2.10. The normalized spacial score (nSPS) is 11.0. The van der Waals surface area contributed by atoms with Gasteiger partial charge in [-0.05, 0) is 37.6 Å². The molecule has 1 aromatic heterocycles. The summed E-state index contributed by atoms with van der Waals surface area (Å²) in [7, 11) is 1.63. The second-order valence-electron chi connectivity index (χ2n) is 6.33. The Morgan fingerprint density at radius 3 is 2.80 bits per heavy atom. The summed E-state index contributed by atoms with van der Waals surface area (Å²) in [6.45, 7) is 4.70. The summed E-state index contributed by atoms with van der Waals surface area (Å²) in [6, 6.07) is 14.1. The van der Waals surface area contributed by atoms with Crippen LogP contribution in [0, 0.1) is 0 Å². The first-order valence-corrected chi connectivity index (χ1v) is 8.42. The lowest BCUT2D eigenvalue weighted by Crippen LogP contribution is -2.24. The summed E-state index contributed by atoms with van der Waals surface area (Å²) in [5.74, 6) is 0.761. The molecule has 25 heavy (non-hydrogen) atoms. The number of carbonyl (C=O) groups excluding carboxylic acids is 1. The van der Waals surface area contributed by atoms with Gasteiger partial charge >= 0.3 is 0 Å². The molecule has 1 heterocycles. The summed E-state index contributed by atoms with van der Waals surface area (Å²) in [4.78, 5) is 16.7. The molecule has 3 rings (SSSR count). The van der Waals surface area contributed by atoms with Gasteiger partial charge in [-0.3, -0.25) is 4.79 Å². The van der Waals surface area contributed by atoms with Crippen molar-refractivity contribution in [2.75, 3.05) is 7.11 Å². The van der Waals surface area contributed by atoms with Gasteiger partial charge in [-0.1, -0.05) is 24.3 Å². The fourth-order valence-electron chi connectivity index (χ4n) is 2.89. The van der Waals surface area contributed by atoms with Gasteiger partial charge in [0.1, 0.15) is 5.75 Å². The van der Waals surface area contributed by atoms with Crippen LogP contribution >= 0.6 is 0 Å². The fourth-order valence-corrected chi connectivity index (χ4v) is 2.89. The molecule has 0 spiro atoms. The molecule has 130 valence electrons. The third kappa shape index (κ3) is 3.82. The van der Waals surface area contributed by atoms with Crippen molar-refractivity contribution >= 4 is 16.9 Å². The van der Waals surface area contributed by atoms with Crippen molar-refractivity contribution in [1.82, 2.24) is 14.9 Å². The zero-order chi connectivity index (χ0) is 17.8. The van der Waals surface area contributed by atoms with Crippen molar-refractivity contribution in [2.24, 2.45) is 0 Å². The molecule has 0 saturated heterocycles. The van der Waals surface area contributed by atoms with Gasteiger partial charge in [-0.15, -0.1) is 0 Å². The highest BCUT2D eigenvalue weighted by Gasteiger charge is 2.09. The Labute approximate surface area is 147 Å². The van der Waals surface area contributed by atoms with E-state index in [1.807, 2.05) is 48.8 Å². The minimum absolute atomic E-state index is 0.0199. The second-order valence-corrected chi connectivity index (χ2v) is 6.33. The van der Waals surface area contributed by atoms with Crippen LogP contribution in [0.25, 0.3) is 11.0 Å². The first-order valence-electron chi connectivity index (χ1n) is 8.42. The molecule has 1 amide bonds. The minimum atomic E-state index is -0.0199. The zero-order valence-electron chi connectivity index (χ0n) is 14.8. The highest BCUT2D eigenvalue weighted by atomic mass is 16.5. The summed E-state index contributed by atoms with van der Waals surface area (Å²) in [6.07, 6.45) is 2.18. The summed E-state index contributed by atoms with van der Waals surface area (Å²) >= 11 is 0. The van der Waals surface area contributed by atoms with E-state index in [1.54, 1.807) is 7.11 Å². The number of methoxy groups -OCH3 is 1. The highest BCUT2D eigenvalue weighted by molar-refractivity contribution is 5.82. The lowest BCUT2D eigenvalue weighted by atomic mass is 10.1. The van der Waals surface area contributed by atoms with Gasteiger partial charge in [0.2, 0.25) is 5.91 Å². The number of hydrogen-bond donors (Lipinski definition) is 1. The summed E-state index contributed by atoms with van der Waals surface area (Å²) in [5.41, 5.74) is 3.93. The van der Waals surface area contributed by atoms with Crippen LogP contribution in [0.2, 0.25) is 0 Å². The van der Waals surface area contributed by atoms with Crippen molar-refractivity contribution < 1.29 is 9.53 Å². The smallest absolute Gasteiger partial charge is 0.224 e. The quantitative estimate of drug-likeness (QED) is 0.749. The number of fused-ring (bicyclic) bond motifs is 1. The third-order valence-corrected chi connectivity index (χ3v) is 4.23. The van der Waals surface area contributed by atoms with E-state index in [1.165, 1.54) is 0 Å². The van der Waals surface area contributed by atoms with Crippen molar-refractivity contribution in [2.45, 2.75) is 32.9 Å². The Morgan fingerprint density at radius 1 is 1.24 bits per heavy atom. The van der Waals surface area contributed by atoms with E-state index in [4.69, 9.17) is 4.74 Å². The number of benzene rings is 2. The van der Waals surface area contributed by atoms with Crippen molar-refractivity contribution in [1.29, 1.82) is 0 Å². The molecule has 0 bridgehead atoms. The van der Waals surface area contributed by atoms with Crippen LogP contribution < -0.4 is 10.1 Å². The first kappa shape index (κ1) is 17.0. The number of imidazole rings is 1. The lowest BCUT2D eigenvalue weighted by molar-refractivity contribution is -0.120. The molecule has 5 nitrogen and oxygen atoms in total. The highest BCUT2D eigenvalue weighted by Crippen LogP contribution is 2.19. The minimum Gasteiger partial charge on any atom is -0.496 e. The molecule has 3 aromatic rings. The SMILES string of the molecule is COc1ccccc1CNC(=O)Cc1ccc2c(c1)ncn2C(C)C. The molecular weight excluding hydrogens is 314 g/mol. The van der Waals surface area contributed by atoms with Crippen LogP contribution in [0.3, 0.4) is 0 Å². The maximum Gasteiger partial charge on any atom is 0.224 e. The number of nitrogens with zero attached hydrogens (tertiary/aromatic N) is 2. The molecule has 0 saturated carbocycles. The van der Waals surface area contributed by atoms with Crippen LogP contribution in [0.15, 0.2) is 48.8 Å². The van der Waals surface area contributed by atoms with E-state index >= 15 is 0 Å². The monoisotopic (exact) mass is 337 g/mol. The van der Waals surface area contributed by atoms with Crippen molar-refractivity contribution in [3.63, 3.8) is 0 Å². The maximum atomic E-state index is 12.3. The Kier molecular flexibility index (Phi) is 5.03. The largest absolute Gasteiger partial charge is 0.496 e. The van der Waals surface area contributed by atoms with E-state index < -0.39 is 0 Å². The number of para-hydroxylation sites is 1. The number of hydrogen-bond acceptors (Lipinski definition) is 3. The van der Waals surface area contributed by atoms with Crippen LogP contribution in [-0.4, -0.2) is 22.6 Å².